The van der Waals surface area contributed by atoms with Crippen LogP contribution in [0.1, 0.15) is 51.7 Å². The predicted molar refractivity (Wildman–Crippen MR) is 167 cm³/mol. The maximum atomic E-state index is 2.45. The average Bonchev–Trinajstić information content (AvgIpc) is 2.97. The first-order chi connectivity index (χ1) is 18.8. The van der Waals surface area contributed by atoms with Gasteiger partial charge in [0, 0.05) is 17.1 Å². The van der Waals surface area contributed by atoms with Crippen molar-refractivity contribution in [1.82, 2.24) is 0 Å². The van der Waals surface area contributed by atoms with Gasteiger partial charge in [0.15, 0.2) is 0 Å². The summed E-state index contributed by atoms with van der Waals surface area (Å²) < 4.78 is 0. The molecular formula is C38H37N. The third-order valence-electron chi connectivity index (χ3n) is 8.56. The molecule has 0 aromatic heterocycles. The molecule has 1 aliphatic rings. The summed E-state index contributed by atoms with van der Waals surface area (Å²) >= 11 is 0. The lowest BCUT2D eigenvalue weighted by molar-refractivity contribution is 0.332. The van der Waals surface area contributed by atoms with E-state index < -0.39 is 0 Å². The minimum absolute atomic E-state index is 0.154. The Bertz CT molecular complexity index is 1480. The SMILES string of the molecule is CC1(C)CCC(C)(C)c2cc(N(c3ccc(-c4ccccc4)cc3)c3ccc(-c4ccccc4)cc3)ccc21. The number of anilines is 3. The Balaban J connectivity index is 1.46. The largest absolute Gasteiger partial charge is 0.310 e. The van der Waals surface area contributed by atoms with E-state index >= 15 is 0 Å². The van der Waals surface area contributed by atoms with Crippen LogP contribution in [-0.2, 0) is 10.8 Å². The van der Waals surface area contributed by atoms with E-state index in [1.54, 1.807) is 0 Å². The molecule has 5 aromatic rings. The number of benzene rings is 5. The summed E-state index contributed by atoms with van der Waals surface area (Å²) in [5.74, 6) is 0. The van der Waals surface area contributed by atoms with Crippen molar-refractivity contribution in [2.24, 2.45) is 0 Å². The molecule has 39 heavy (non-hydrogen) atoms. The number of fused-ring (bicyclic) bond motifs is 1. The highest BCUT2D eigenvalue weighted by Gasteiger charge is 2.37. The zero-order chi connectivity index (χ0) is 27.0. The average molecular weight is 508 g/mol. The normalized spacial score (nSPS) is 15.4. The van der Waals surface area contributed by atoms with Crippen molar-refractivity contribution >= 4 is 17.1 Å². The van der Waals surface area contributed by atoms with E-state index in [1.807, 2.05) is 0 Å². The number of hydrogen-bond acceptors (Lipinski definition) is 1. The topological polar surface area (TPSA) is 3.24 Å². The van der Waals surface area contributed by atoms with Gasteiger partial charge >= 0.3 is 0 Å². The Hall–Kier alpha value is -4.10. The molecule has 1 heteroatoms. The van der Waals surface area contributed by atoms with Crippen molar-refractivity contribution in [2.75, 3.05) is 4.90 Å². The van der Waals surface area contributed by atoms with Gasteiger partial charge in [0.05, 0.1) is 0 Å². The van der Waals surface area contributed by atoms with Crippen LogP contribution in [0.15, 0.2) is 127 Å². The maximum Gasteiger partial charge on any atom is 0.0464 e. The van der Waals surface area contributed by atoms with Gasteiger partial charge in [-0.2, -0.15) is 0 Å². The van der Waals surface area contributed by atoms with Crippen LogP contribution in [-0.4, -0.2) is 0 Å². The zero-order valence-electron chi connectivity index (χ0n) is 23.5. The highest BCUT2D eigenvalue weighted by molar-refractivity contribution is 5.80. The molecule has 0 saturated heterocycles. The van der Waals surface area contributed by atoms with Crippen molar-refractivity contribution in [3.05, 3.63) is 139 Å². The fourth-order valence-electron chi connectivity index (χ4n) is 6.03. The second-order valence-corrected chi connectivity index (χ2v) is 12.2. The molecule has 0 amide bonds. The van der Waals surface area contributed by atoms with Gasteiger partial charge < -0.3 is 4.90 Å². The fraction of sp³-hybridized carbons (Fsp3) is 0.211. The minimum Gasteiger partial charge on any atom is -0.310 e. The molecule has 1 nitrogen and oxygen atoms in total. The van der Waals surface area contributed by atoms with Gasteiger partial charge in [0.25, 0.3) is 0 Å². The monoisotopic (exact) mass is 507 g/mol. The van der Waals surface area contributed by atoms with E-state index in [-0.39, 0.29) is 10.8 Å². The van der Waals surface area contributed by atoms with Crippen molar-refractivity contribution in [1.29, 1.82) is 0 Å². The van der Waals surface area contributed by atoms with Crippen LogP contribution >= 0.6 is 0 Å². The molecular weight excluding hydrogens is 470 g/mol. The molecule has 0 spiro atoms. The second kappa shape index (κ2) is 9.89. The van der Waals surface area contributed by atoms with Crippen LogP contribution in [0, 0.1) is 0 Å². The summed E-state index contributed by atoms with van der Waals surface area (Å²) in [7, 11) is 0. The Morgan fingerprint density at radius 1 is 0.410 bits per heavy atom. The number of nitrogens with zero attached hydrogens (tertiary/aromatic N) is 1. The maximum absolute atomic E-state index is 2.45. The summed E-state index contributed by atoms with van der Waals surface area (Å²) in [6, 6.07) is 46.3. The fourth-order valence-corrected chi connectivity index (χ4v) is 6.03. The van der Waals surface area contributed by atoms with Crippen LogP contribution in [0.3, 0.4) is 0 Å². The van der Waals surface area contributed by atoms with Crippen molar-refractivity contribution in [3.8, 4) is 22.3 Å². The third-order valence-corrected chi connectivity index (χ3v) is 8.56. The molecule has 0 bridgehead atoms. The summed E-state index contributed by atoms with van der Waals surface area (Å²) in [6.45, 7) is 9.59. The zero-order valence-corrected chi connectivity index (χ0v) is 23.5. The van der Waals surface area contributed by atoms with Crippen LogP contribution in [0.25, 0.3) is 22.3 Å². The van der Waals surface area contributed by atoms with Gasteiger partial charge in [-0.15, -0.1) is 0 Å². The quantitative estimate of drug-likeness (QED) is 0.229. The van der Waals surface area contributed by atoms with E-state index in [2.05, 4.69) is 160 Å². The van der Waals surface area contributed by atoms with E-state index in [0.29, 0.717) is 0 Å². The van der Waals surface area contributed by atoms with Crippen LogP contribution < -0.4 is 4.90 Å². The molecule has 0 unspecified atom stereocenters. The van der Waals surface area contributed by atoms with Gasteiger partial charge in [-0.25, -0.2) is 0 Å². The summed E-state index contributed by atoms with van der Waals surface area (Å²) in [5, 5.41) is 0. The third kappa shape index (κ3) is 4.90. The van der Waals surface area contributed by atoms with Gasteiger partial charge in [-0.3, -0.25) is 0 Å². The second-order valence-electron chi connectivity index (χ2n) is 12.2. The minimum atomic E-state index is 0.154. The molecule has 5 aromatic carbocycles. The Morgan fingerprint density at radius 3 is 1.26 bits per heavy atom. The molecule has 0 heterocycles. The smallest absolute Gasteiger partial charge is 0.0464 e. The van der Waals surface area contributed by atoms with E-state index in [4.69, 9.17) is 0 Å². The highest BCUT2D eigenvalue weighted by atomic mass is 15.1. The summed E-state index contributed by atoms with van der Waals surface area (Å²) in [5.41, 5.74) is 11.8. The molecule has 0 fully saturated rings. The molecule has 1 aliphatic carbocycles. The van der Waals surface area contributed by atoms with Crippen LogP contribution in [0.4, 0.5) is 17.1 Å². The molecule has 6 rings (SSSR count). The van der Waals surface area contributed by atoms with E-state index in [0.717, 1.165) is 11.4 Å². The molecule has 0 atom stereocenters. The van der Waals surface area contributed by atoms with Gasteiger partial charge in [-0.1, -0.05) is 119 Å². The lowest BCUT2D eigenvalue weighted by Crippen LogP contribution is -2.34. The molecule has 0 radical (unpaired) electrons. The van der Waals surface area contributed by atoms with Gasteiger partial charge in [-0.05, 0) is 93.5 Å². The predicted octanol–water partition coefficient (Wildman–Crippen LogP) is 10.8. The van der Waals surface area contributed by atoms with E-state index in [9.17, 15) is 0 Å². The molecule has 0 aliphatic heterocycles. The Labute approximate surface area is 233 Å². The van der Waals surface area contributed by atoms with Crippen LogP contribution in [0.5, 0.6) is 0 Å². The summed E-state index contributed by atoms with van der Waals surface area (Å²) in [4.78, 5) is 2.40. The molecule has 0 saturated carbocycles. The number of hydrogen-bond donors (Lipinski definition) is 0. The molecule has 194 valence electrons. The first kappa shape index (κ1) is 25.2. The number of rotatable bonds is 5. The van der Waals surface area contributed by atoms with Crippen molar-refractivity contribution in [2.45, 2.75) is 51.4 Å². The van der Waals surface area contributed by atoms with E-state index in [1.165, 1.54) is 51.9 Å². The lowest BCUT2D eigenvalue weighted by Gasteiger charge is -2.42. The van der Waals surface area contributed by atoms with Gasteiger partial charge in [0.2, 0.25) is 0 Å². The lowest BCUT2D eigenvalue weighted by atomic mass is 9.63. The van der Waals surface area contributed by atoms with Crippen molar-refractivity contribution < 1.29 is 0 Å². The highest BCUT2D eigenvalue weighted by Crippen LogP contribution is 2.48. The van der Waals surface area contributed by atoms with Crippen LogP contribution in [0.2, 0.25) is 0 Å². The first-order valence-electron chi connectivity index (χ1n) is 14.1. The van der Waals surface area contributed by atoms with Gasteiger partial charge in [0.1, 0.15) is 0 Å². The first-order valence-corrected chi connectivity index (χ1v) is 14.1. The summed E-state index contributed by atoms with van der Waals surface area (Å²) in [6.07, 6.45) is 2.42. The Morgan fingerprint density at radius 2 is 0.795 bits per heavy atom. The Kier molecular flexibility index (Phi) is 6.39. The molecule has 0 N–H and O–H groups in total. The standard InChI is InChI=1S/C38H37N/c1-37(2)25-26-38(3,4)36-27-34(23-24-35(36)37)39(32-19-15-30(16-20-32)28-11-7-5-8-12-28)33-21-17-31(18-22-33)29-13-9-6-10-14-29/h5-24,27H,25-26H2,1-4H3. The van der Waals surface area contributed by atoms with Crippen molar-refractivity contribution in [3.63, 3.8) is 0 Å².